The molecule has 1 fully saturated rings. The number of carbonyl (C=O) groups excluding carboxylic acids is 1. The molecule has 1 saturated carbocycles. The van der Waals surface area contributed by atoms with Crippen LogP contribution >= 0.6 is 0 Å². The van der Waals surface area contributed by atoms with Crippen LogP contribution in [0.2, 0.25) is 0 Å². The van der Waals surface area contributed by atoms with Gasteiger partial charge in [-0.15, -0.1) is 0 Å². The summed E-state index contributed by atoms with van der Waals surface area (Å²) in [4.78, 5) is 12.7. The predicted octanol–water partition coefficient (Wildman–Crippen LogP) is 4.58. The zero-order valence-corrected chi connectivity index (χ0v) is 19.4. The van der Waals surface area contributed by atoms with Gasteiger partial charge in [-0.05, 0) is 61.6 Å². The maximum Gasteiger partial charge on any atom is 0.268 e. The third-order valence-electron chi connectivity index (χ3n) is 6.47. The lowest BCUT2D eigenvalue weighted by atomic mass is 9.93. The van der Waals surface area contributed by atoms with Crippen molar-refractivity contribution in [1.82, 2.24) is 9.29 Å². The van der Waals surface area contributed by atoms with Gasteiger partial charge in [0, 0.05) is 28.8 Å². The first-order valence-corrected chi connectivity index (χ1v) is 12.9. The number of carbonyl (C=O) groups is 1. The van der Waals surface area contributed by atoms with Crippen LogP contribution in [0.25, 0.3) is 22.0 Å². The maximum atomic E-state index is 13.6. The largest absolute Gasteiger partial charge is 0.393 e. The Labute approximate surface area is 198 Å². The minimum Gasteiger partial charge on any atom is -0.393 e. The maximum absolute atomic E-state index is 13.6. The Morgan fingerprint density at radius 3 is 2.21 bits per heavy atom. The van der Waals surface area contributed by atoms with Crippen LogP contribution in [-0.2, 0) is 10.0 Å². The third kappa shape index (κ3) is 4.24. The molecule has 1 aliphatic carbocycles. The Hall–Kier alpha value is -3.42. The van der Waals surface area contributed by atoms with E-state index in [1.807, 2.05) is 48.5 Å². The smallest absolute Gasteiger partial charge is 0.268 e. The van der Waals surface area contributed by atoms with Gasteiger partial charge in [0.25, 0.3) is 15.9 Å². The fourth-order valence-corrected chi connectivity index (χ4v) is 5.95. The molecule has 6 nitrogen and oxygen atoms in total. The van der Waals surface area contributed by atoms with Crippen molar-refractivity contribution in [2.45, 2.75) is 42.7 Å². The number of aromatic nitrogens is 1. The summed E-state index contributed by atoms with van der Waals surface area (Å²) in [7, 11) is -3.87. The molecule has 5 rings (SSSR count). The Kier molecular flexibility index (Phi) is 5.98. The number of hydrogen-bond acceptors (Lipinski definition) is 4. The van der Waals surface area contributed by atoms with Gasteiger partial charge in [-0.25, -0.2) is 12.4 Å². The van der Waals surface area contributed by atoms with Gasteiger partial charge in [0.05, 0.1) is 16.5 Å². The number of nitrogens with zero attached hydrogens (tertiary/aromatic N) is 1. The zero-order valence-electron chi connectivity index (χ0n) is 18.6. The van der Waals surface area contributed by atoms with Crippen LogP contribution in [-0.4, -0.2) is 35.5 Å². The van der Waals surface area contributed by atoms with E-state index < -0.39 is 10.0 Å². The first-order chi connectivity index (χ1) is 16.4. The quantitative estimate of drug-likeness (QED) is 0.443. The van der Waals surface area contributed by atoms with Crippen LogP contribution in [0.5, 0.6) is 0 Å². The van der Waals surface area contributed by atoms with E-state index in [9.17, 15) is 18.3 Å². The number of aliphatic hydroxyl groups is 1. The van der Waals surface area contributed by atoms with E-state index in [0.717, 1.165) is 29.4 Å². The first-order valence-electron chi connectivity index (χ1n) is 11.4. The van der Waals surface area contributed by atoms with Gasteiger partial charge < -0.3 is 10.4 Å². The van der Waals surface area contributed by atoms with Crippen LogP contribution in [0.3, 0.4) is 0 Å². The molecule has 0 bridgehead atoms. The highest BCUT2D eigenvalue weighted by Crippen LogP contribution is 2.33. The van der Waals surface area contributed by atoms with Gasteiger partial charge in [-0.1, -0.05) is 48.5 Å². The molecule has 1 amide bonds. The van der Waals surface area contributed by atoms with E-state index in [2.05, 4.69) is 5.32 Å². The molecule has 1 heterocycles. The van der Waals surface area contributed by atoms with Gasteiger partial charge >= 0.3 is 0 Å². The lowest BCUT2D eigenvalue weighted by Gasteiger charge is -2.26. The summed E-state index contributed by atoms with van der Waals surface area (Å²) in [6.07, 6.45) is 4.21. The van der Waals surface area contributed by atoms with Crippen molar-refractivity contribution in [2.24, 2.45) is 0 Å². The lowest BCUT2D eigenvalue weighted by molar-refractivity contribution is 0.0867. The molecule has 3 aromatic carbocycles. The van der Waals surface area contributed by atoms with Crippen molar-refractivity contribution >= 4 is 26.8 Å². The summed E-state index contributed by atoms with van der Waals surface area (Å²) in [5.41, 5.74) is 2.79. The number of amides is 1. The molecule has 174 valence electrons. The van der Waals surface area contributed by atoms with E-state index in [-0.39, 0.29) is 22.9 Å². The van der Waals surface area contributed by atoms with Crippen molar-refractivity contribution < 1.29 is 18.3 Å². The van der Waals surface area contributed by atoms with Gasteiger partial charge in [-0.3, -0.25) is 4.79 Å². The standard InChI is InChI=1S/C27H26N2O4S/c30-22-14-12-21(13-15-22)28-27(31)20-10-16-23(17-11-20)34(32,33)29-18-25(19-6-2-1-3-7-19)24-8-4-5-9-26(24)29/h1-11,16-18,21-22,30H,12-15H2,(H,28,31)/t21-,22-. The minimum absolute atomic E-state index is 0.0296. The number of benzene rings is 3. The van der Waals surface area contributed by atoms with Gasteiger partial charge in [0.2, 0.25) is 0 Å². The highest BCUT2D eigenvalue weighted by molar-refractivity contribution is 7.90. The zero-order chi connectivity index (χ0) is 23.7. The molecule has 0 unspecified atom stereocenters. The molecule has 7 heteroatoms. The van der Waals surface area contributed by atoms with Crippen molar-refractivity contribution in [2.75, 3.05) is 0 Å². The van der Waals surface area contributed by atoms with Gasteiger partial charge in [-0.2, -0.15) is 0 Å². The van der Waals surface area contributed by atoms with Crippen LogP contribution in [0.4, 0.5) is 0 Å². The molecule has 1 aliphatic rings. The van der Waals surface area contributed by atoms with E-state index in [1.165, 1.54) is 16.1 Å². The number of para-hydroxylation sites is 1. The van der Waals surface area contributed by atoms with Crippen LogP contribution < -0.4 is 5.32 Å². The molecule has 1 aromatic heterocycles. The van der Waals surface area contributed by atoms with Crippen LogP contribution in [0.1, 0.15) is 36.0 Å². The van der Waals surface area contributed by atoms with E-state index in [4.69, 9.17) is 0 Å². The molecule has 34 heavy (non-hydrogen) atoms. The fraction of sp³-hybridized carbons (Fsp3) is 0.222. The van der Waals surface area contributed by atoms with E-state index in [0.29, 0.717) is 23.9 Å². The number of rotatable bonds is 5. The third-order valence-corrected chi connectivity index (χ3v) is 8.16. The first kappa shape index (κ1) is 22.4. The number of aliphatic hydroxyl groups excluding tert-OH is 1. The summed E-state index contributed by atoms with van der Waals surface area (Å²) >= 11 is 0. The lowest BCUT2D eigenvalue weighted by Crippen LogP contribution is -2.38. The average Bonchev–Trinajstić information content (AvgIpc) is 3.27. The molecular formula is C27H26N2O4S. The molecule has 0 radical (unpaired) electrons. The summed E-state index contributed by atoms with van der Waals surface area (Å²) in [6.45, 7) is 0. The van der Waals surface area contributed by atoms with Crippen molar-refractivity contribution in [3.63, 3.8) is 0 Å². The monoisotopic (exact) mass is 474 g/mol. The molecule has 0 aliphatic heterocycles. The van der Waals surface area contributed by atoms with Gasteiger partial charge in [0.15, 0.2) is 0 Å². The van der Waals surface area contributed by atoms with Gasteiger partial charge in [0.1, 0.15) is 0 Å². The van der Waals surface area contributed by atoms with E-state index in [1.54, 1.807) is 24.4 Å². The average molecular weight is 475 g/mol. The SMILES string of the molecule is O=C(N[C@H]1CC[C@H](O)CC1)c1ccc(S(=O)(=O)n2cc(-c3ccccc3)c3ccccc32)cc1. The van der Waals surface area contributed by atoms with Crippen molar-refractivity contribution in [3.05, 3.63) is 90.6 Å². The van der Waals surface area contributed by atoms with Crippen molar-refractivity contribution in [1.29, 1.82) is 0 Å². The highest BCUT2D eigenvalue weighted by atomic mass is 32.2. The molecule has 0 saturated heterocycles. The summed E-state index contributed by atoms with van der Waals surface area (Å²) in [5.74, 6) is -0.233. The van der Waals surface area contributed by atoms with Crippen molar-refractivity contribution in [3.8, 4) is 11.1 Å². The molecule has 0 atom stereocenters. The van der Waals surface area contributed by atoms with Crippen LogP contribution in [0.15, 0.2) is 90.0 Å². The second-order valence-electron chi connectivity index (χ2n) is 8.73. The summed E-state index contributed by atoms with van der Waals surface area (Å²) in [6, 6.07) is 23.2. The molecule has 4 aromatic rings. The Morgan fingerprint density at radius 1 is 0.853 bits per heavy atom. The number of fused-ring (bicyclic) bond motifs is 1. The summed E-state index contributed by atoms with van der Waals surface area (Å²) in [5, 5.41) is 13.5. The second kappa shape index (κ2) is 9.08. The number of hydrogen-bond donors (Lipinski definition) is 2. The summed E-state index contributed by atoms with van der Waals surface area (Å²) < 4.78 is 28.4. The van der Waals surface area contributed by atoms with E-state index >= 15 is 0 Å². The normalized spacial score (nSPS) is 18.6. The topological polar surface area (TPSA) is 88.4 Å². The second-order valence-corrected chi connectivity index (χ2v) is 10.5. The number of nitrogens with one attached hydrogen (secondary N) is 1. The molecule has 2 N–H and O–H groups in total. The highest BCUT2D eigenvalue weighted by Gasteiger charge is 2.24. The minimum atomic E-state index is -3.87. The predicted molar refractivity (Wildman–Crippen MR) is 132 cm³/mol. The Bertz CT molecular complexity index is 1420. The Balaban J connectivity index is 1.44. The Morgan fingerprint density at radius 2 is 1.50 bits per heavy atom. The van der Waals surface area contributed by atoms with Crippen LogP contribution in [0, 0.1) is 0 Å². The molecular weight excluding hydrogens is 448 g/mol. The fourth-order valence-electron chi connectivity index (χ4n) is 4.58. The molecule has 0 spiro atoms.